The summed E-state index contributed by atoms with van der Waals surface area (Å²) in [7, 11) is 1.76. The van der Waals surface area contributed by atoms with Gasteiger partial charge in [0.25, 0.3) is 0 Å². The van der Waals surface area contributed by atoms with E-state index >= 15 is 0 Å². The minimum Gasteiger partial charge on any atom is -0.289 e. The van der Waals surface area contributed by atoms with E-state index in [0.717, 1.165) is 15.5 Å². The number of aryl methyl sites for hydroxylation is 1. The van der Waals surface area contributed by atoms with Gasteiger partial charge in [0.1, 0.15) is 5.69 Å². The summed E-state index contributed by atoms with van der Waals surface area (Å²) < 4.78 is 3.04. The Morgan fingerprint density at radius 3 is 2.55 bits per heavy atom. The van der Waals surface area contributed by atoms with Crippen molar-refractivity contribution in [2.45, 2.75) is 16.7 Å². The van der Waals surface area contributed by atoms with E-state index < -0.39 is 11.1 Å². The van der Waals surface area contributed by atoms with Crippen LogP contribution in [0.2, 0.25) is 5.02 Å². The normalized spacial score (nSPS) is 17.6. The Balaban J connectivity index is 2.13. The Labute approximate surface area is 126 Å². The maximum absolute atomic E-state index is 12.1. The Morgan fingerprint density at radius 2 is 1.85 bits per heavy atom. The van der Waals surface area contributed by atoms with Gasteiger partial charge in [-0.1, -0.05) is 29.3 Å². The van der Waals surface area contributed by atoms with Crippen LogP contribution in [0.3, 0.4) is 0 Å². The predicted octanol–water partition coefficient (Wildman–Crippen LogP) is 3.76. The zero-order valence-corrected chi connectivity index (χ0v) is 12.8. The number of anilines is 1. The molecule has 1 unspecified atom stereocenters. The number of fused-ring (bicyclic) bond motifs is 1. The van der Waals surface area contributed by atoms with Gasteiger partial charge in [0, 0.05) is 18.1 Å². The molecule has 1 aliphatic heterocycles. The van der Waals surface area contributed by atoms with Crippen molar-refractivity contribution >= 4 is 34.4 Å². The fourth-order valence-electron chi connectivity index (χ4n) is 2.11. The summed E-state index contributed by atoms with van der Waals surface area (Å²) in [6.07, 6.45) is 0. The van der Waals surface area contributed by atoms with Crippen LogP contribution in [-0.2, 0) is 11.1 Å². The van der Waals surface area contributed by atoms with Crippen molar-refractivity contribution in [2.24, 2.45) is 0 Å². The van der Waals surface area contributed by atoms with E-state index in [9.17, 15) is 4.79 Å². The molecular weight excluding hydrogens is 292 g/mol. The number of urea groups is 1. The van der Waals surface area contributed by atoms with Crippen LogP contribution in [0, 0.1) is 6.92 Å². The first-order valence-corrected chi connectivity index (χ1v) is 7.81. The lowest BCUT2D eigenvalue weighted by molar-refractivity contribution is 0.252. The summed E-state index contributed by atoms with van der Waals surface area (Å²) in [5.74, 6) is 0. The first-order chi connectivity index (χ1) is 9.56. The smallest absolute Gasteiger partial charge is 0.289 e. The van der Waals surface area contributed by atoms with Crippen LogP contribution in [0.4, 0.5) is 10.5 Å². The highest BCUT2D eigenvalue weighted by Gasteiger charge is 2.39. The van der Waals surface area contributed by atoms with Crippen LogP contribution < -0.4 is 9.62 Å². The molecule has 1 aliphatic rings. The maximum Gasteiger partial charge on any atom is 0.363 e. The minimum absolute atomic E-state index is 0.0938. The Kier molecular flexibility index (Phi) is 3.36. The first kappa shape index (κ1) is 13.3. The molecule has 0 saturated heterocycles. The monoisotopic (exact) mass is 305 g/mol. The van der Waals surface area contributed by atoms with Crippen molar-refractivity contribution in [2.75, 3.05) is 11.9 Å². The number of hydrogen-bond acceptors (Lipinski definition) is 1. The van der Waals surface area contributed by atoms with Gasteiger partial charge in [0.05, 0.1) is 0 Å². The number of carbonyl (C=O) groups is 1. The molecule has 0 spiro atoms. The number of carbonyl (C=O) groups excluding carboxylic acids is 1. The van der Waals surface area contributed by atoms with E-state index in [-0.39, 0.29) is 6.03 Å². The molecule has 1 heterocycles. The average Bonchev–Trinajstić information content (AvgIpc) is 2.44. The molecule has 20 heavy (non-hydrogen) atoms. The summed E-state index contributed by atoms with van der Waals surface area (Å²) >= 11 is 5.63. The molecule has 0 radical (unpaired) electrons. The van der Waals surface area contributed by atoms with Gasteiger partial charge in [0.15, 0.2) is 16.0 Å². The molecule has 0 aliphatic carbocycles. The Bertz CT molecular complexity index is 672. The van der Waals surface area contributed by atoms with Gasteiger partial charge in [-0.05, 0) is 31.2 Å². The summed E-state index contributed by atoms with van der Waals surface area (Å²) in [6, 6.07) is 13.7. The highest BCUT2D eigenvalue weighted by Crippen LogP contribution is 2.35. The largest absolute Gasteiger partial charge is 0.363 e. The van der Waals surface area contributed by atoms with Crippen molar-refractivity contribution < 1.29 is 4.79 Å². The van der Waals surface area contributed by atoms with Crippen LogP contribution >= 0.6 is 11.6 Å². The second kappa shape index (κ2) is 5.04. The Morgan fingerprint density at radius 1 is 1.15 bits per heavy atom. The quantitative estimate of drug-likeness (QED) is 0.799. The van der Waals surface area contributed by atoms with Gasteiger partial charge < -0.3 is 0 Å². The SMILES string of the molecule is Cc1ccc([S+]2NC(=O)N(C)c3ccc(Cl)cc32)cc1. The number of hydrogen-bond donors (Lipinski definition) is 1. The van der Waals surface area contributed by atoms with Crippen molar-refractivity contribution in [3.63, 3.8) is 0 Å². The molecule has 0 saturated carbocycles. The lowest BCUT2D eigenvalue weighted by Crippen LogP contribution is -2.45. The second-order valence-corrected chi connectivity index (χ2v) is 6.86. The number of nitrogens with zero attached hydrogens (tertiary/aromatic N) is 1. The molecule has 0 aromatic heterocycles. The predicted molar refractivity (Wildman–Crippen MR) is 83.5 cm³/mol. The first-order valence-electron chi connectivity index (χ1n) is 6.21. The van der Waals surface area contributed by atoms with E-state index in [2.05, 4.69) is 29.0 Å². The van der Waals surface area contributed by atoms with Crippen LogP contribution in [0.25, 0.3) is 0 Å². The lowest BCUT2D eigenvalue weighted by atomic mass is 10.2. The van der Waals surface area contributed by atoms with Crippen LogP contribution in [0.5, 0.6) is 0 Å². The summed E-state index contributed by atoms with van der Waals surface area (Å²) in [6.45, 7) is 2.05. The second-order valence-electron chi connectivity index (χ2n) is 4.70. The van der Waals surface area contributed by atoms with E-state index in [1.165, 1.54) is 5.56 Å². The summed E-state index contributed by atoms with van der Waals surface area (Å²) in [5.41, 5.74) is 2.10. The van der Waals surface area contributed by atoms with Crippen LogP contribution in [0.1, 0.15) is 5.56 Å². The average molecular weight is 306 g/mol. The molecule has 1 atom stereocenters. The fourth-order valence-corrected chi connectivity index (χ4v) is 4.21. The molecule has 2 aromatic carbocycles. The highest BCUT2D eigenvalue weighted by molar-refractivity contribution is 7.96. The third-order valence-electron chi connectivity index (χ3n) is 3.25. The van der Waals surface area contributed by atoms with Crippen molar-refractivity contribution in [1.29, 1.82) is 0 Å². The maximum atomic E-state index is 12.1. The number of amides is 2. The molecule has 2 amide bonds. The van der Waals surface area contributed by atoms with Crippen LogP contribution in [-0.4, -0.2) is 13.1 Å². The molecule has 102 valence electrons. The molecule has 0 bridgehead atoms. The van der Waals surface area contributed by atoms with Crippen LogP contribution in [0.15, 0.2) is 52.3 Å². The van der Waals surface area contributed by atoms with Gasteiger partial charge in [-0.2, -0.15) is 0 Å². The zero-order chi connectivity index (χ0) is 14.3. The molecule has 1 N–H and O–H groups in total. The molecule has 3 nitrogen and oxygen atoms in total. The lowest BCUT2D eigenvalue weighted by Gasteiger charge is -2.25. The number of rotatable bonds is 1. The van der Waals surface area contributed by atoms with Crippen molar-refractivity contribution in [3.8, 4) is 0 Å². The van der Waals surface area contributed by atoms with Crippen molar-refractivity contribution in [1.82, 2.24) is 4.72 Å². The Hall–Kier alpha value is -1.65. The van der Waals surface area contributed by atoms with Gasteiger partial charge >= 0.3 is 6.03 Å². The molecular formula is C15H14ClN2OS+. The number of nitrogens with one attached hydrogen (secondary N) is 1. The topological polar surface area (TPSA) is 32.3 Å². The van der Waals surface area contributed by atoms with E-state index in [1.54, 1.807) is 11.9 Å². The van der Waals surface area contributed by atoms with E-state index in [4.69, 9.17) is 11.6 Å². The molecule has 0 fully saturated rings. The molecule has 2 aromatic rings. The van der Waals surface area contributed by atoms with Gasteiger partial charge in [-0.15, -0.1) is 4.72 Å². The van der Waals surface area contributed by atoms with Gasteiger partial charge in [0.2, 0.25) is 4.90 Å². The number of benzene rings is 2. The summed E-state index contributed by atoms with van der Waals surface area (Å²) in [4.78, 5) is 15.8. The van der Waals surface area contributed by atoms with E-state index in [0.29, 0.717) is 5.02 Å². The third kappa shape index (κ3) is 2.25. The minimum atomic E-state index is -0.478. The fraction of sp³-hybridized carbons (Fsp3) is 0.133. The van der Waals surface area contributed by atoms with Gasteiger partial charge in [-0.25, -0.2) is 4.79 Å². The zero-order valence-electron chi connectivity index (χ0n) is 11.2. The standard InChI is InChI=1S/C15H13ClN2OS/c1-10-3-6-12(7-4-10)20-14-9-11(16)5-8-13(14)18(2)15(19)17-20/h3-9H,1-2H3/p+1. The highest BCUT2D eigenvalue weighted by atomic mass is 35.5. The molecule has 5 heteroatoms. The summed E-state index contributed by atoms with van der Waals surface area (Å²) in [5, 5.41) is 0.679. The van der Waals surface area contributed by atoms with E-state index in [1.807, 2.05) is 25.1 Å². The van der Waals surface area contributed by atoms with Crippen molar-refractivity contribution in [3.05, 3.63) is 53.1 Å². The van der Waals surface area contributed by atoms with Gasteiger partial charge in [-0.3, -0.25) is 4.90 Å². The number of halogens is 1. The molecule has 3 rings (SSSR count). The third-order valence-corrected chi connectivity index (χ3v) is 5.38.